The van der Waals surface area contributed by atoms with E-state index in [1.165, 1.54) is 283 Å². The first kappa shape index (κ1) is 76.7. The lowest BCUT2D eigenvalue weighted by Crippen LogP contribution is -2.51. The van der Waals surface area contributed by atoms with Gasteiger partial charge in [-0.2, -0.15) is 0 Å². The molecule has 1 heterocycles. The largest absolute Gasteiger partial charge is 0.396 e. The van der Waals surface area contributed by atoms with Crippen LogP contribution in [0.2, 0.25) is 0 Å². The second-order valence-corrected chi connectivity index (χ2v) is 26.1. The highest BCUT2D eigenvalue weighted by Crippen LogP contribution is 2.19. The fourth-order valence-corrected chi connectivity index (χ4v) is 12.6. The van der Waals surface area contributed by atoms with Gasteiger partial charge in [0.25, 0.3) is 0 Å². The van der Waals surface area contributed by atoms with E-state index < -0.39 is 0 Å². The zero-order chi connectivity index (χ0) is 57.2. The summed E-state index contributed by atoms with van der Waals surface area (Å²) in [5.41, 5.74) is 0. The zero-order valence-corrected chi connectivity index (χ0v) is 54.9. The minimum atomic E-state index is -0.285. The van der Waals surface area contributed by atoms with Gasteiger partial charge >= 0.3 is 0 Å². The Morgan fingerprint density at radius 2 is 0.544 bits per heavy atom. The Bertz CT molecular complexity index is 1130. The van der Waals surface area contributed by atoms with E-state index in [-0.39, 0.29) is 18.8 Å². The molecule has 8 heteroatoms. The molecule has 0 aromatic heterocycles. The molecule has 1 saturated heterocycles. The molecular weight excluding hydrogens is 971 g/mol. The molecule has 0 radical (unpaired) electrons. The Hall–Kier alpha value is -0.320. The molecule has 3 N–H and O–H groups in total. The van der Waals surface area contributed by atoms with E-state index in [4.69, 9.17) is 0 Å². The lowest BCUT2D eigenvalue weighted by atomic mass is 9.99. The van der Waals surface area contributed by atoms with Crippen molar-refractivity contribution in [1.82, 2.24) is 24.5 Å². The molecule has 0 spiro atoms. The summed E-state index contributed by atoms with van der Waals surface area (Å²) in [5, 5.41) is 33.5. The highest BCUT2D eigenvalue weighted by atomic mass is 16.3. The lowest BCUT2D eigenvalue weighted by molar-refractivity contribution is 0.0612. The standard InChI is InChI=1S/C71H147N5O3/c1-6-11-16-21-26-31-33-38-43-48-53-72(54-49-44-39-34-32-27-22-17-12-7-2)59-62-75(66-70(78)51-46-41-36-29-24-19-14-9-4)63-60-73-55-57-74(58-56-73)61-64-76(67-71(79)52-47-42-37-30-25-20-15-10-5)65-69(68-77)50-45-40-35-28-23-18-13-8-3/h69-71,77-79H,6-68H2,1-5H3/t69?,70?,71-/m1/s1. The van der Waals surface area contributed by atoms with Gasteiger partial charge < -0.3 is 20.2 Å². The number of hydrogen-bond donors (Lipinski definition) is 3. The van der Waals surface area contributed by atoms with E-state index in [1.54, 1.807) is 0 Å². The van der Waals surface area contributed by atoms with Gasteiger partial charge in [0, 0.05) is 91.7 Å². The van der Waals surface area contributed by atoms with Crippen LogP contribution in [0, 0.1) is 5.92 Å². The predicted octanol–water partition coefficient (Wildman–Crippen LogP) is 18.3. The Labute approximate surface area is 496 Å². The quantitative estimate of drug-likeness (QED) is 0.0520. The molecule has 1 rings (SSSR count). The van der Waals surface area contributed by atoms with Crippen LogP contribution < -0.4 is 0 Å². The van der Waals surface area contributed by atoms with Crippen LogP contribution >= 0.6 is 0 Å². The minimum absolute atomic E-state index is 0.234. The molecule has 8 nitrogen and oxygen atoms in total. The van der Waals surface area contributed by atoms with Crippen LogP contribution in [0.3, 0.4) is 0 Å². The number of aliphatic hydroxyl groups excluding tert-OH is 3. The average Bonchev–Trinajstić information content (AvgIpc) is 3.45. The van der Waals surface area contributed by atoms with Crippen LogP contribution in [0.15, 0.2) is 0 Å². The molecule has 1 fully saturated rings. The highest BCUT2D eigenvalue weighted by Gasteiger charge is 2.22. The van der Waals surface area contributed by atoms with Crippen molar-refractivity contribution in [3.05, 3.63) is 0 Å². The topological polar surface area (TPSA) is 76.9 Å². The van der Waals surface area contributed by atoms with E-state index in [2.05, 4.69) is 59.1 Å². The summed E-state index contributed by atoms with van der Waals surface area (Å²) in [7, 11) is 0. The number of piperazine rings is 1. The van der Waals surface area contributed by atoms with Gasteiger partial charge in [0.2, 0.25) is 0 Å². The third-order valence-corrected chi connectivity index (χ3v) is 18.3. The predicted molar refractivity (Wildman–Crippen MR) is 350 cm³/mol. The van der Waals surface area contributed by atoms with Gasteiger partial charge in [-0.25, -0.2) is 0 Å². The van der Waals surface area contributed by atoms with Crippen LogP contribution in [0.25, 0.3) is 0 Å². The molecular formula is C71H147N5O3. The van der Waals surface area contributed by atoms with Gasteiger partial charge in [0.15, 0.2) is 0 Å². The van der Waals surface area contributed by atoms with Crippen molar-refractivity contribution < 1.29 is 15.3 Å². The van der Waals surface area contributed by atoms with Gasteiger partial charge in [-0.15, -0.1) is 0 Å². The number of nitrogens with zero attached hydrogens (tertiary/aromatic N) is 5. The molecule has 1 aliphatic rings. The number of aliphatic hydroxyl groups is 3. The van der Waals surface area contributed by atoms with Crippen LogP contribution in [0.1, 0.15) is 336 Å². The molecule has 1 aliphatic heterocycles. The van der Waals surface area contributed by atoms with Crippen molar-refractivity contribution in [2.45, 2.75) is 349 Å². The summed E-state index contributed by atoms with van der Waals surface area (Å²) in [5.74, 6) is 0.292. The van der Waals surface area contributed by atoms with Gasteiger partial charge in [-0.05, 0) is 51.1 Å². The molecule has 0 aliphatic carbocycles. The number of unbranched alkanes of at least 4 members (excludes halogenated alkanes) is 39. The smallest absolute Gasteiger partial charge is 0.0667 e. The fourth-order valence-electron chi connectivity index (χ4n) is 12.6. The van der Waals surface area contributed by atoms with E-state index in [1.807, 2.05) is 0 Å². The monoisotopic (exact) mass is 1120 g/mol. The molecule has 474 valence electrons. The first-order valence-electron chi connectivity index (χ1n) is 36.5. The highest BCUT2D eigenvalue weighted by molar-refractivity contribution is 4.78. The second-order valence-electron chi connectivity index (χ2n) is 26.1. The lowest BCUT2D eigenvalue weighted by Gasteiger charge is -2.38. The van der Waals surface area contributed by atoms with Crippen molar-refractivity contribution in [1.29, 1.82) is 0 Å². The Morgan fingerprint density at radius 1 is 0.278 bits per heavy atom. The van der Waals surface area contributed by atoms with Crippen molar-refractivity contribution in [2.75, 3.05) is 105 Å². The Balaban J connectivity index is 2.89. The summed E-state index contributed by atoms with van der Waals surface area (Å²) in [6.07, 6.45) is 61.9. The third kappa shape index (κ3) is 51.8. The first-order valence-corrected chi connectivity index (χ1v) is 36.5. The van der Waals surface area contributed by atoms with E-state index in [0.29, 0.717) is 5.92 Å². The number of rotatable bonds is 65. The van der Waals surface area contributed by atoms with Crippen molar-refractivity contribution in [2.24, 2.45) is 5.92 Å². The van der Waals surface area contributed by atoms with E-state index >= 15 is 0 Å². The Morgan fingerprint density at radius 3 is 0.873 bits per heavy atom. The molecule has 0 aromatic rings. The van der Waals surface area contributed by atoms with Crippen LogP contribution in [-0.2, 0) is 0 Å². The van der Waals surface area contributed by atoms with Crippen molar-refractivity contribution in [3.8, 4) is 0 Å². The molecule has 3 atom stereocenters. The van der Waals surface area contributed by atoms with E-state index in [9.17, 15) is 15.3 Å². The van der Waals surface area contributed by atoms with Crippen LogP contribution in [0.4, 0.5) is 0 Å². The number of hydrogen-bond acceptors (Lipinski definition) is 8. The summed E-state index contributed by atoms with van der Waals surface area (Å²) < 4.78 is 0. The van der Waals surface area contributed by atoms with E-state index in [0.717, 1.165) is 117 Å². The van der Waals surface area contributed by atoms with Crippen molar-refractivity contribution in [3.63, 3.8) is 0 Å². The van der Waals surface area contributed by atoms with Gasteiger partial charge in [-0.1, -0.05) is 304 Å². The molecule has 2 unspecified atom stereocenters. The summed E-state index contributed by atoms with van der Waals surface area (Å²) in [6, 6.07) is 0. The van der Waals surface area contributed by atoms with Crippen molar-refractivity contribution >= 4 is 0 Å². The maximum absolute atomic E-state index is 11.6. The molecule has 0 aromatic carbocycles. The summed E-state index contributed by atoms with van der Waals surface area (Å²) in [6.45, 7) is 27.5. The third-order valence-electron chi connectivity index (χ3n) is 18.3. The minimum Gasteiger partial charge on any atom is -0.396 e. The maximum Gasteiger partial charge on any atom is 0.0667 e. The summed E-state index contributed by atoms with van der Waals surface area (Å²) >= 11 is 0. The van der Waals surface area contributed by atoms with Gasteiger partial charge in [-0.3, -0.25) is 19.6 Å². The summed E-state index contributed by atoms with van der Waals surface area (Å²) in [4.78, 5) is 13.4. The Kier molecular flexibility index (Phi) is 59.0. The normalized spacial score (nSPS) is 14.9. The second kappa shape index (κ2) is 60.8. The van der Waals surface area contributed by atoms with Gasteiger partial charge in [0.1, 0.15) is 0 Å². The van der Waals surface area contributed by atoms with Crippen LogP contribution in [-0.4, -0.2) is 157 Å². The molecule has 0 bridgehead atoms. The maximum atomic E-state index is 11.6. The fraction of sp³-hybridized carbons (Fsp3) is 1.00. The molecule has 0 amide bonds. The molecule has 79 heavy (non-hydrogen) atoms. The zero-order valence-electron chi connectivity index (χ0n) is 54.9. The SMILES string of the molecule is CCCCCCCCCCCCN(CCCCCCCCCCCC)CCN(CCN1CCN(CCN(CC(CO)CCCCCCCCCC)C[C@H](O)CCCCCCCCCC)CC1)CC(O)CCCCCCCCCC. The average molecular weight is 1120 g/mol. The van der Waals surface area contributed by atoms with Crippen LogP contribution in [0.5, 0.6) is 0 Å². The first-order chi connectivity index (χ1) is 38.9. The molecule has 0 saturated carbocycles. The van der Waals surface area contributed by atoms with Gasteiger partial charge in [0.05, 0.1) is 12.2 Å².